The average Bonchev–Trinajstić information content (AvgIpc) is 3.08. The highest BCUT2D eigenvalue weighted by Crippen LogP contribution is 2.36. The van der Waals surface area contributed by atoms with Gasteiger partial charge in [-0.1, -0.05) is 35.5 Å². The van der Waals surface area contributed by atoms with Crippen LogP contribution in [-0.4, -0.2) is 32.0 Å². The van der Waals surface area contributed by atoms with Crippen LogP contribution in [0.25, 0.3) is 0 Å². The zero-order chi connectivity index (χ0) is 17.2. The van der Waals surface area contributed by atoms with Gasteiger partial charge in [0.1, 0.15) is 0 Å². The smallest absolute Gasteiger partial charge is 0.273 e. The predicted octanol–water partition coefficient (Wildman–Crippen LogP) is 2.42. The molecule has 0 saturated heterocycles. The van der Waals surface area contributed by atoms with Crippen molar-refractivity contribution < 1.29 is 9.90 Å². The fourth-order valence-corrected chi connectivity index (χ4v) is 3.17. The van der Waals surface area contributed by atoms with Crippen molar-refractivity contribution in [2.45, 2.75) is 57.2 Å². The minimum absolute atomic E-state index is 0.0608. The Bertz CT molecular complexity index is 688. The van der Waals surface area contributed by atoms with E-state index >= 15 is 0 Å². The summed E-state index contributed by atoms with van der Waals surface area (Å²) in [5, 5.41) is 21.7. The Morgan fingerprint density at radius 1 is 1.29 bits per heavy atom. The predicted molar refractivity (Wildman–Crippen MR) is 90.5 cm³/mol. The molecule has 3 rings (SSSR count). The molecule has 1 aromatic carbocycles. The van der Waals surface area contributed by atoms with Gasteiger partial charge in [0.05, 0.1) is 11.8 Å². The van der Waals surface area contributed by atoms with Crippen molar-refractivity contribution in [3.63, 3.8) is 0 Å². The third kappa shape index (κ3) is 3.48. The van der Waals surface area contributed by atoms with Crippen molar-refractivity contribution in [2.75, 3.05) is 0 Å². The van der Waals surface area contributed by atoms with Crippen LogP contribution in [0.5, 0.6) is 0 Å². The number of aromatic nitrogens is 3. The Morgan fingerprint density at radius 3 is 2.54 bits per heavy atom. The molecule has 0 unspecified atom stereocenters. The molecule has 1 aliphatic carbocycles. The van der Waals surface area contributed by atoms with Crippen LogP contribution >= 0.6 is 0 Å². The van der Waals surface area contributed by atoms with Crippen LogP contribution in [0.2, 0.25) is 0 Å². The van der Waals surface area contributed by atoms with Crippen LogP contribution in [0.4, 0.5) is 0 Å². The first kappa shape index (κ1) is 16.6. The molecular formula is C18H24N4O2. The van der Waals surface area contributed by atoms with E-state index in [1.807, 2.05) is 44.2 Å². The molecular weight excluding hydrogens is 304 g/mol. The van der Waals surface area contributed by atoms with Crippen LogP contribution in [-0.2, 0) is 5.60 Å². The molecule has 2 N–H and O–H groups in total. The normalized spacial score (nSPS) is 24.1. The van der Waals surface area contributed by atoms with E-state index in [1.165, 1.54) is 0 Å². The van der Waals surface area contributed by atoms with Crippen molar-refractivity contribution in [3.05, 3.63) is 47.8 Å². The van der Waals surface area contributed by atoms with Crippen LogP contribution in [0, 0.1) is 0 Å². The van der Waals surface area contributed by atoms with Crippen LogP contribution in [0.3, 0.4) is 0 Å². The molecule has 24 heavy (non-hydrogen) atoms. The van der Waals surface area contributed by atoms with Crippen molar-refractivity contribution in [1.29, 1.82) is 0 Å². The molecule has 1 saturated carbocycles. The first-order valence-corrected chi connectivity index (χ1v) is 8.48. The third-order valence-electron chi connectivity index (χ3n) is 4.73. The fourth-order valence-electron chi connectivity index (χ4n) is 3.17. The number of amides is 1. The van der Waals surface area contributed by atoms with Gasteiger partial charge in [-0.25, -0.2) is 4.68 Å². The van der Waals surface area contributed by atoms with Gasteiger partial charge in [0.25, 0.3) is 5.91 Å². The molecule has 6 heteroatoms. The van der Waals surface area contributed by atoms with Crippen LogP contribution < -0.4 is 5.32 Å². The molecule has 1 aliphatic rings. The first-order chi connectivity index (χ1) is 11.5. The van der Waals surface area contributed by atoms with Gasteiger partial charge in [-0.2, -0.15) is 0 Å². The number of benzene rings is 1. The molecule has 0 atom stereocenters. The maximum Gasteiger partial charge on any atom is 0.273 e. The minimum atomic E-state index is -0.788. The van der Waals surface area contributed by atoms with Crippen molar-refractivity contribution in [2.24, 2.45) is 0 Å². The van der Waals surface area contributed by atoms with Gasteiger partial charge < -0.3 is 10.4 Å². The molecule has 0 bridgehead atoms. The standard InChI is InChI=1S/C18H24N4O2/c1-13(2)22-12-16(20-21-22)17(23)19-15-8-10-18(24,11-9-15)14-6-4-3-5-7-14/h3-7,12-13,15,24H,8-11H2,1-2H3,(H,19,23). The maximum absolute atomic E-state index is 12.3. The maximum atomic E-state index is 12.3. The van der Waals surface area contributed by atoms with E-state index in [2.05, 4.69) is 15.6 Å². The first-order valence-electron chi connectivity index (χ1n) is 8.48. The largest absolute Gasteiger partial charge is 0.385 e. The van der Waals surface area contributed by atoms with Crippen molar-refractivity contribution in [3.8, 4) is 0 Å². The lowest BCUT2D eigenvalue weighted by Gasteiger charge is -2.36. The van der Waals surface area contributed by atoms with E-state index in [9.17, 15) is 9.90 Å². The second-order valence-corrected chi connectivity index (χ2v) is 6.82. The van der Waals surface area contributed by atoms with Gasteiger partial charge in [0, 0.05) is 12.1 Å². The second kappa shape index (κ2) is 6.73. The third-order valence-corrected chi connectivity index (χ3v) is 4.73. The summed E-state index contributed by atoms with van der Waals surface area (Å²) in [4.78, 5) is 12.3. The highest BCUT2D eigenvalue weighted by Gasteiger charge is 2.35. The molecule has 6 nitrogen and oxygen atoms in total. The Kier molecular flexibility index (Phi) is 4.66. The number of carbonyl (C=O) groups is 1. The van der Waals surface area contributed by atoms with E-state index in [0.717, 1.165) is 18.4 Å². The van der Waals surface area contributed by atoms with Crippen molar-refractivity contribution in [1.82, 2.24) is 20.3 Å². The summed E-state index contributed by atoms with van der Waals surface area (Å²) >= 11 is 0. The number of rotatable bonds is 4. The molecule has 1 aromatic heterocycles. The molecule has 1 amide bonds. The van der Waals surface area contributed by atoms with E-state index < -0.39 is 5.60 Å². The average molecular weight is 328 g/mol. The summed E-state index contributed by atoms with van der Waals surface area (Å²) in [6.45, 7) is 3.98. The van der Waals surface area contributed by atoms with Crippen LogP contribution in [0.1, 0.15) is 61.6 Å². The van der Waals surface area contributed by atoms with Crippen molar-refractivity contribution >= 4 is 5.91 Å². The molecule has 1 fully saturated rings. The van der Waals surface area contributed by atoms with E-state index in [-0.39, 0.29) is 18.0 Å². The summed E-state index contributed by atoms with van der Waals surface area (Å²) in [5.74, 6) is -0.197. The number of hydrogen-bond acceptors (Lipinski definition) is 4. The topological polar surface area (TPSA) is 80.0 Å². The Balaban J connectivity index is 1.58. The summed E-state index contributed by atoms with van der Waals surface area (Å²) in [5.41, 5.74) is 0.505. The van der Waals surface area contributed by atoms with Gasteiger partial charge in [-0.05, 0) is 45.1 Å². The summed E-state index contributed by atoms with van der Waals surface area (Å²) < 4.78 is 1.67. The molecule has 0 radical (unpaired) electrons. The highest BCUT2D eigenvalue weighted by molar-refractivity contribution is 5.92. The van der Waals surface area contributed by atoms with Crippen LogP contribution in [0.15, 0.2) is 36.5 Å². The number of hydrogen-bond donors (Lipinski definition) is 2. The zero-order valence-electron chi connectivity index (χ0n) is 14.1. The molecule has 0 spiro atoms. The number of aliphatic hydroxyl groups is 1. The van der Waals surface area contributed by atoms with Gasteiger partial charge in [0.15, 0.2) is 5.69 Å². The summed E-state index contributed by atoms with van der Waals surface area (Å²) in [7, 11) is 0. The number of carbonyl (C=O) groups excluding carboxylic acids is 1. The lowest BCUT2D eigenvalue weighted by Crippen LogP contribution is -2.42. The van der Waals surface area contributed by atoms with Gasteiger partial charge >= 0.3 is 0 Å². The quantitative estimate of drug-likeness (QED) is 0.903. The lowest BCUT2D eigenvalue weighted by atomic mass is 9.78. The number of nitrogens with zero attached hydrogens (tertiary/aromatic N) is 3. The van der Waals surface area contributed by atoms with Gasteiger partial charge in [-0.15, -0.1) is 5.10 Å². The Morgan fingerprint density at radius 2 is 1.96 bits per heavy atom. The monoisotopic (exact) mass is 328 g/mol. The molecule has 1 heterocycles. The summed E-state index contributed by atoms with van der Waals surface area (Å²) in [6.07, 6.45) is 4.44. The molecule has 0 aliphatic heterocycles. The highest BCUT2D eigenvalue weighted by atomic mass is 16.3. The molecule has 128 valence electrons. The fraction of sp³-hybridized carbons (Fsp3) is 0.500. The van der Waals surface area contributed by atoms with Gasteiger partial charge in [0.2, 0.25) is 0 Å². The van der Waals surface area contributed by atoms with E-state index in [4.69, 9.17) is 0 Å². The summed E-state index contributed by atoms with van der Waals surface area (Å²) in [6, 6.07) is 9.99. The minimum Gasteiger partial charge on any atom is -0.385 e. The van der Waals surface area contributed by atoms with E-state index in [1.54, 1.807) is 10.9 Å². The Hall–Kier alpha value is -2.21. The number of nitrogens with one attached hydrogen (secondary N) is 1. The lowest BCUT2D eigenvalue weighted by molar-refractivity contribution is -0.00805. The van der Waals surface area contributed by atoms with E-state index in [0.29, 0.717) is 18.5 Å². The van der Waals surface area contributed by atoms with Gasteiger partial charge in [-0.3, -0.25) is 4.79 Å². The zero-order valence-corrected chi connectivity index (χ0v) is 14.1. The SMILES string of the molecule is CC(C)n1cc(C(=O)NC2CCC(O)(c3ccccc3)CC2)nn1. The Labute approximate surface area is 141 Å². The molecule has 2 aromatic rings. The second-order valence-electron chi connectivity index (χ2n) is 6.82.